The predicted molar refractivity (Wildman–Crippen MR) is 140 cm³/mol. The van der Waals surface area contributed by atoms with E-state index in [9.17, 15) is 17.6 Å². The van der Waals surface area contributed by atoms with E-state index in [2.05, 4.69) is 4.98 Å². The van der Waals surface area contributed by atoms with Crippen molar-refractivity contribution < 1.29 is 22.3 Å². The van der Waals surface area contributed by atoms with Crippen LogP contribution >= 0.6 is 11.3 Å². The van der Waals surface area contributed by atoms with E-state index in [1.165, 1.54) is 32.7 Å². The Morgan fingerprint density at radius 2 is 1.97 bits per heavy atom. The highest BCUT2D eigenvalue weighted by atomic mass is 32.2. The molecule has 192 valence electrons. The largest absolute Gasteiger partial charge is 0.492 e. The number of carbonyl (C=O) groups excluding carboxylic acids is 1. The molecule has 11 heteroatoms. The number of carbonyl (C=O) groups is 1. The fourth-order valence-electron chi connectivity index (χ4n) is 4.39. The number of pyridine rings is 1. The molecular weight excluding hydrogens is 515 g/mol. The monoisotopic (exact) mass is 540 g/mol. The molecule has 2 aromatic heterocycles. The van der Waals surface area contributed by atoms with E-state index < -0.39 is 21.9 Å². The van der Waals surface area contributed by atoms with E-state index in [1.807, 2.05) is 31.2 Å². The molecule has 1 aliphatic rings. The first-order chi connectivity index (χ1) is 17.9. The molecule has 4 aromatic rings. The molecule has 1 fully saturated rings. The van der Waals surface area contributed by atoms with Gasteiger partial charge in [-0.05, 0) is 68.3 Å². The quantitative estimate of drug-likeness (QED) is 0.324. The summed E-state index contributed by atoms with van der Waals surface area (Å²) >= 11 is 1.34. The van der Waals surface area contributed by atoms with Gasteiger partial charge in [0.2, 0.25) is 15.9 Å². The smallest absolute Gasteiger partial charge is 0.247 e. The summed E-state index contributed by atoms with van der Waals surface area (Å²) in [5, 5.41) is 0.434. The van der Waals surface area contributed by atoms with Crippen LogP contribution in [-0.4, -0.2) is 47.8 Å². The number of hydrogen-bond donors (Lipinski definition) is 0. The standard InChI is InChI=1S/C26H25FN4O4S2/c1-2-35-22-9-5-10-23-24(22)29-26(36-23)30(17-19-7-3-4-15-28-19)25(32)21-8-6-16-31(21)37(33,34)20-13-11-18(27)12-14-20/h3-5,7,9-15,21H,2,6,8,16-17H2,1H3. The van der Waals surface area contributed by atoms with Gasteiger partial charge >= 0.3 is 0 Å². The molecule has 8 nitrogen and oxygen atoms in total. The average molecular weight is 541 g/mol. The number of amides is 1. The van der Waals surface area contributed by atoms with Crippen molar-refractivity contribution in [3.63, 3.8) is 0 Å². The number of anilines is 1. The number of ether oxygens (including phenoxy) is 1. The van der Waals surface area contributed by atoms with Crippen LogP contribution in [0, 0.1) is 5.82 Å². The Hall–Kier alpha value is -3.41. The van der Waals surface area contributed by atoms with E-state index in [4.69, 9.17) is 9.72 Å². The fraction of sp³-hybridized carbons (Fsp3) is 0.269. The molecule has 1 amide bonds. The zero-order valence-electron chi connectivity index (χ0n) is 20.1. The van der Waals surface area contributed by atoms with Crippen molar-refractivity contribution in [2.24, 2.45) is 0 Å². The van der Waals surface area contributed by atoms with Gasteiger partial charge in [-0.25, -0.2) is 17.8 Å². The third-order valence-electron chi connectivity index (χ3n) is 6.12. The Morgan fingerprint density at radius 1 is 1.16 bits per heavy atom. The highest BCUT2D eigenvalue weighted by Crippen LogP contribution is 2.36. The molecular formula is C26H25FN4O4S2. The summed E-state index contributed by atoms with van der Waals surface area (Å²) in [7, 11) is -4.01. The summed E-state index contributed by atoms with van der Waals surface area (Å²) in [5.41, 5.74) is 1.29. The molecule has 3 heterocycles. The minimum atomic E-state index is -4.01. The summed E-state index contributed by atoms with van der Waals surface area (Å²) < 4.78 is 48.1. The number of thiazole rings is 1. The second kappa shape index (κ2) is 10.5. The van der Waals surface area contributed by atoms with Crippen LogP contribution in [0.4, 0.5) is 9.52 Å². The summed E-state index contributed by atoms with van der Waals surface area (Å²) in [6, 6.07) is 14.8. The maximum atomic E-state index is 14.0. The lowest BCUT2D eigenvalue weighted by Crippen LogP contribution is -2.47. The van der Waals surface area contributed by atoms with Gasteiger partial charge in [-0.2, -0.15) is 4.31 Å². The van der Waals surface area contributed by atoms with Crippen molar-refractivity contribution in [3.8, 4) is 5.75 Å². The second-order valence-corrected chi connectivity index (χ2v) is 11.4. The van der Waals surface area contributed by atoms with E-state index in [1.54, 1.807) is 18.3 Å². The minimum absolute atomic E-state index is 0.0498. The molecule has 0 spiro atoms. The summed E-state index contributed by atoms with van der Waals surface area (Å²) in [6.07, 6.45) is 2.54. The van der Waals surface area contributed by atoms with Crippen LogP contribution in [0.25, 0.3) is 10.2 Å². The highest BCUT2D eigenvalue weighted by molar-refractivity contribution is 7.89. The lowest BCUT2D eigenvalue weighted by Gasteiger charge is -2.28. The molecule has 5 rings (SSSR count). The number of nitrogens with zero attached hydrogens (tertiary/aromatic N) is 4. The van der Waals surface area contributed by atoms with Crippen LogP contribution in [0.3, 0.4) is 0 Å². The number of sulfonamides is 1. The van der Waals surface area contributed by atoms with Gasteiger partial charge in [-0.15, -0.1) is 0 Å². The SMILES string of the molecule is CCOc1cccc2sc(N(Cc3ccccn3)C(=O)C3CCCN3S(=O)(=O)c3ccc(F)cc3)nc12. The van der Waals surface area contributed by atoms with Gasteiger partial charge in [-0.3, -0.25) is 14.7 Å². The van der Waals surface area contributed by atoms with Gasteiger partial charge in [0.1, 0.15) is 23.1 Å². The molecule has 0 radical (unpaired) electrons. The van der Waals surface area contributed by atoms with Gasteiger partial charge in [0.25, 0.3) is 0 Å². The Morgan fingerprint density at radius 3 is 2.70 bits per heavy atom. The fourth-order valence-corrected chi connectivity index (χ4v) is 7.03. The van der Waals surface area contributed by atoms with Gasteiger partial charge in [0, 0.05) is 12.7 Å². The lowest BCUT2D eigenvalue weighted by atomic mass is 10.2. The van der Waals surface area contributed by atoms with Crippen LogP contribution in [0.2, 0.25) is 0 Å². The van der Waals surface area contributed by atoms with Crippen molar-refractivity contribution in [2.75, 3.05) is 18.1 Å². The third kappa shape index (κ3) is 5.07. The minimum Gasteiger partial charge on any atom is -0.492 e. The van der Waals surface area contributed by atoms with E-state index in [0.29, 0.717) is 41.5 Å². The Labute approximate surface area is 218 Å². The predicted octanol–water partition coefficient (Wildman–Crippen LogP) is 4.62. The Bertz CT molecular complexity index is 1510. The number of hydrogen-bond acceptors (Lipinski definition) is 7. The van der Waals surface area contributed by atoms with E-state index in [0.717, 1.165) is 16.8 Å². The molecule has 0 N–H and O–H groups in total. The first-order valence-electron chi connectivity index (χ1n) is 11.9. The van der Waals surface area contributed by atoms with E-state index in [-0.39, 0.29) is 23.9 Å². The summed E-state index contributed by atoms with van der Waals surface area (Å²) in [5.74, 6) is -0.295. The van der Waals surface area contributed by atoms with Crippen LogP contribution in [0.1, 0.15) is 25.5 Å². The van der Waals surface area contributed by atoms with Crippen LogP contribution in [-0.2, 0) is 21.4 Å². The lowest BCUT2D eigenvalue weighted by molar-refractivity contribution is -0.121. The number of aromatic nitrogens is 2. The van der Waals surface area contributed by atoms with Crippen molar-refractivity contribution in [2.45, 2.75) is 37.2 Å². The molecule has 1 atom stereocenters. The van der Waals surface area contributed by atoms with Gasteiger partial charge in [-0.1, -0.05) is 23.5 Å². The molecule has 0 saturated carbocycles. The van der Waals surface area contributed by atoms with Gasteiger partial charge in [0.05, 0.1) is 28.4 Å². The number of fused-ring (bicyclic) bond motifs is 1. The molecule has 0 bridgehead atoms. The topological polar surface area (TPSA) is 92.7 Å². The molecule has 0 aliphatic carbocycles. The van der Waals surface area contributed by atoms with Crippen LogP contribution in [0.5, 0.6) is 5.75 Å². The molecule has 1 saturated heterocycles. The highest BCUT2D eigenvalue weighted by Gasteiger charge is 2.42. The van der Waals surface area contributed by atoms with Crippen molar-refractivity contribution in [3.05, 3.63) is 78.4 Å². The third-order valence-corrected chi connectivity index (χ3v) is 9.09. The zero-order chi connectivity index (χ0) is 26.0. The number of rotatable bonds is 8. The second-order valence-electron chi connectivity index (χ2n) is 8.51. The first kappa shape index (κ1) is 25.2. The molecule has 1 unspecified atom stereocenters. The van der Waals surface area contributed by atoms with Crippen molar-refractivity contribution >= 4 is 42.6 Å². The summed E-state index contributed by atoms with van der Waals surface area (Å²) in [6.45, 7) is 2.69. The van der Waals surface area contributed by atoms with Gasteiger partial charge < -0.3 is 4.74 Å². The maximum Gasteiger partial charge on any atom is 0.247 e. The summed E-state index contributed by atoms with van der Waals surface area (Å²) in [4.78, 5) is 24.6. The molecule has 2 aromatic carbocycles. The number of halogens is 1. The molecule has 37 heavy (non-hydrogen) atoms. The Kier molecular flexibility index (Phi) is 7.18. The van der Waals surface area contributed by atoms with E-state index >= 15 is 0 Å². The number of benzene rings is 2. The van der Waals surface area contributed by atoms with Crippen molar-refractivity contribution in [1.29, 1.82) is 0 Å². The normalized spacial score (nSPS) is 16.2. The van der Waals surface area contributed by atoms with Crippen LogP contribution < -0.4 is 9.64 Å². The van der Waals surface area contributed by atoms with Gasteiger partial charge in [0.15, 0.2) is 5.13 Å². The van der Waals surface area contributed by atoms with Crippen LogP contribution in [0.15, 0.2) is 71.8 Å². The maximum absolute atomic E-state index is 14.0. The average Bonchev–Trinajstić information content (AvgIpc) is 3.57. The van der Waals surface area contributed by atoms with Crippen molar-refractivity contribution in [1.82, 2.24) is 14.3 Å². The Balaban J connectivity index is 1.53. The first-order valence-corrected chi connectivity index (χ1v) is 14.1. The molecule has 1 aliphatic heterocycles. The number of para-hydroxylation sites is 1. The zero-order valence-corrected chi connectivity index (χ0v) is 21.7.